The molecule has 3 rings (SSSR count). The van der Waals surface area contributed by atoms with Gasteiger partial charge in [0.15, 0.2) is 0 Å². The molecule has 20 heavy (non-hydrogen) atoms. The summed E-state index contributed by atoms with van der Waals surface area (Å²) >= 11 is 0. The molecule has 0 N–H and O–H groups in total. The molecule has 0 aliphatic rings. The van der Waals surface area contributed by atoms with E-state index in [1.807, 2.05) is 30.6 Å². The third-order valence-corrected chi connectivity index (χ3v) is 3.49. The first kappa shape index (κ1) is 12.7. The molecule has 0 aliphatic heterocycles. The van der Waals surface area contributed by atoms with Crippen LogP contribution in [0.2, 0.25) is 0 Å². The van der Waals surface area contributed by atoms with Gasteiger partial charge in [-0.15, -0.1) is 0 Å². The first-order valence-corrected chi connectivity index (χ1v) is 6.95. The Balaban J connectivity index is 2.16. The lowest BCUT2D eigenvalue weighted by Crippen LogP contribution is -2.02. The van der Waals surface area contributed by atoms with Crippen molar-refractivity contribution in [1.29, 1.82) is 0 Å². The lowest BCUT2D eigenvalue weighted by atomic mass is 10.0. The Morgan fingerprint density at radius 2 is 1.60 bits per heavy atom. The molecule has 0 amide bonds. The Morgan fingerprint density at radius 1 is 0.900 bits per heavy atom. The predicted octanol–water partition coefficient (Wildman–Crippen LogP) is 4.66. The largest absolute Gasteiger partial charge is 0.300 e. The summed E-state index contributed by atoms with van der Waals surface area (Å²) in [6.45, 7) is 4.44. The average molecular weight is 262 g/mol. The van der Waals surface area contributed by atoms with Gasteiger partial charge in [0.1, 0.15) is 5.82 Å². The van der Waals surface area contributed by atoms with Crippen LogP contribution in [0.4, 0.5) is 0 Å². The Labute approximate surface area is 119 Å². The highest BCUT2D eigenvalue weighted by Crippen LogP contribution is 2.27. The topological polar surface area (TPSA) is 17.8 Å². The number of nitrogens with zero attached hydrogens (tertiary/aromatic N) is 2. The van der Waals surface area contributed by atoms with Gasteiger partial charge in [0.25, 0.3) is 0 Å². The SMILES string of the molecule is CC(C)c1ccccc1-n1ccnc1-c1ccccc1. The van der Waals surface area contributed by atoms with Crippen molar-refractivity contribution < 1.29 is 0 Å². The van der Waals surface area contributed by atoms with Crippen LogP contribution in [0.3, 0.4) is 0 Å². The van der Waals surface area contributed by atoms with Gasteiger partial charge in [-0.1, -0.05) is 62.4 Å². The maximum absolute atomic E-state index is 4.53. The molecule has 0 fully saturated rings. The van der Waals surface area contributed by atoms with Crippen molar-refractivity contribution in [3.8, 4) is 17.1 Å². The van der Waals surface area contributed by atoms with Crippen LogP contribution < -0.4 is 0 Å². The number of para-hydroxylation sites is 1. The average Bonchev–Trinajstić information content (AvgIpc) is 2.97. The highest BCUT2D eigenvalue weighted by molar-refractivity contribution is 5.59. The van der Waals surface area contributed by atoms with Gasteiger partial charge in [0.2, 0.25) is 0 Å². The van der Waals surface area contributed by atoms with Crippen LogP contribution in [0.5, 0.6) is 0 Å². The zero-order chi connectivity index (χ0) is 13.9. The standard InChI is InChI=1S/C18H18N2/c1-14(2)16-10-6-7-11-17(16)20-13-12-19-18(20)15-8-4-3-5-9-15/h3-14H,1-2H3. The van der Waals surface area contributed by atoms with Crippen molar-refractivity contribution in [2.45, 2.75) is 19.8 Å². The van der Waals surface area contributed by atoms with Crippen molar-refractivity contribution in [2.75, 3.05) is 0 Å². The van der Waals surface area contributed by atoms with Crippen LogP contribution in [0.15, 0.2) is 67.0 Å². The third kappa shape index (κ3) is 2.25. The predicted molar refractivity (Wildman–Crippen MR) is 83.1 cm³/mol. The molecule has 1 aromatic heterocycles. The van der Waals surface area contributed by atoms with E-state index in [-0.39, 0.29) is 0 Å². The molecule has 0 saturated carbocycles. The maximum Gasteiger partial charge on any atom is 0.144 e. The molecule has 2 nitrogen and oxygen atoms in total. The minimum Gasteiger partial charge on any atom is -0.300 e. The van der Waals surface area contributed by atoms with Crippen LogP contribution >= 0.6 is 0 Å². The number of imidazole rings is 1. The van der Waals surface area contributed by atoms with Gasteiger partial charge in [-0.05, 0) is 17.5 Å². The lowest BCUT2D eigenvalue weighted by Gasteiger charge is -2.15. The summed E-state index contributed by atoms with van der Waals surface area (Å²) in [7, 11) is 0. The van der Waals surface area contributed by atoms with E-state index in [9.17, 15) is 0 Å². The van der Waals surface area contributed by atoms with Gasteiger partial charge in [0.05, 0.1) is 5.69 Å². The van der Waals surface area contributed by atoms with Gasteiger partial charge < -0.3 is 0 Å². The number of benzene rings is 2. The van der Waals surface area contributed by atoms with E-state index in [0.717, 1.165) is 11.4 Å². The smallest absolute Gasteiger partial charge is 0.144 e. The van der Waals surface area contributed by atoms with Crippen LogP contribution in [0.25, 0.3) is 17.1 Å². The van der Waals surface area contributed by atoms with Crippen molar-refractivity contribution in [3.63, 3.8) is 0 Å². The minimum atomic E-state index is 0.484. The monoisotopic (exact) mass is 262 g/mol. The lowest BCUT2D eigenvalue weighted by molar-refractivity contribution is 0.847. The summed E-state index contributed by atoms with van der Waals surface area (Å²) in [5.41, 5.74) is 3.68. The second-order valence-electron chi connectivity index (χ2n) is 5.20. The molecule has 1 heterocycles. The second kappa shape index (κ2) is 5.33. The molecule has 2 heteroatoms. The highest BCUT2D eigenvalue weighted by Gasteiger charge is 2.12. The summed E-state index contributed by atoms with van der Waals surface area (Å²) in [4.78, 5) is 4.53. The Morgan fingerprint density at radius 3 is 2.35 bits per heavy atom. The fraction of sp³-hybridized carbons (Fsp3) is 0.167. The van der Waals surface area contributed by atoms with E-state index in [0.29, 0.717) is 5.92 Å². The summed E-state index contributed by atoms with van der Waals surface area (Å²) in [5.74, 6) is 1.47. The van der Waals surface area contributed by atoms with Crippen molar-refractivity contribution in [3.05, 3.63) is 72.6 Å². The number of hydrogen-bond donors (Lipinski definition) is 0. The van der Waals surface area contributed by atoms with Crippen LogP contribution in [-0.4, -0.2) is 9.55 Å². The quantitative estimate of drug-likeness (QED) is 0.671. The third-order valence-electron chi connectivity index (χ3n) is 3.49. The molecule has 0 unspecified atom stereocenters. The Bertz CT molecular complexity index is 696. The highest BCUT2D eigenvalue weighted by atomic mass is 15.1. The summed E-state index contributed by atoms with van der Waals surface area (Å²) in [6, 6.07) is 18.8. The van der Waals surface area contributed by atoms with Gasteiger partial charge in [-0.3, -0.25) is 4.57 Å². The van der Waals surface area contributed by atoms with E-state index in [1.54, 1.807) is 0 Å². The summed E-state index contributed by atoms with van der Waals surface area (Å²) in [5, 5.41) is 0. The number of rotatable bonds is 3. The number of aromatic nitrogens is 2. The second-order valence-corrected chi connectivity index (χ2v) is 5.20. The molecule has 0 spiro atoms. The summed E-state index contributed by atoms with van der Waals surface area (Å²) in [6.07, 6.45) is 3.89. The fourth-order valence-corrected chi connectivity index (χ4v) is 2.49. The zero-order valence-electron chi connectivity index (χ0n) is 11.8. The maximum atomic E-state index is 4.53. The first-order valence-electron chi connectivity index (χ1n) is 6.95. The van der Waals surface area contributed by atoms with Crippen LogP contribution in [0.1, 0.15) is 25.3 Å². The van der Waals surface area contributed by atoms with Gasteiger partial charge >= 0.3 is 0 Å². The molecule has 0 saturated heterocycles. The summed E-state index contributed by atoms with van der Waals surface area (Å²) < 4.78 is 2.17. The first-order chi connectivity index (χ1) is 9.77. The molecule has 2 aromatic carbocycles. The Hall–Kier alpha value is -2.35. The van der Waals surface area contributed by atoms with Gasteiger partial charge in [0, 0.05) is 18.0 Å². The molecular formula is C18H18N2. The van der Waals surface area contributed by atoms with Gasteiger partial charge in [-0.25, -0.2) is 4.98 Å². The fourth-order valence-electron chi connectivity index (χ4n) is 2.49. The van der Waals surface area contributed by atoms with Crippen molar-refractivity contribution in [1.82, 2.24) is 9.55 Å². The molecular weight excluding hydrogens is 244 g/mol. The van der Waals surface area contributed by atoms with Gasteiger partial charge in [-0.2, -0.15) is 0 Å². The van der Waals surface area contributed by atoms with E-state index in [2.05, 4.69) is 59.8 Å². The van der Waals surface area contributed by atoms with Crippen molar-refractivity contribution >= 4 is 0 Å². The van der Waals surface area contributed by atoms with E-state index < -0.39 is 0 Å². The van der Waals surface area contributed by atoms with Crippen molar-refractivity contribution in [2.24, 2.45) is 0 Å². The van der Waals surface area contributed by atoms with Crippen LogP contribution in [-0.2, 0) is 0 Å². The molecule has 0 bridgehead atoms. The molecule has 100 valence electrons. The molecule has 0 radical (unpaired) electrons. The normalized spacial score (nSPS) is 10.9. The van der Waals surface area contributed by atoms with E-state index in [1.165, 1.54) is 11.3 Å². The van der Waals surface area contributed by atoms with E-state index >= 15 is 0 Å². The van der Waals surface area contributed by atoms with Crippen LogP contribution in [0, 0.1) is 0 Å². The Kier molecular flexibility index (Phi) is 3.38. The molecule has 3 aromatic rings. The molecule has 0 aliphatic carbocycles. The molecule has 0 atom stereocenters. The zero-order valence-corrected chi connectivity index (χ0v) is 11.8. The number of hydrogen-bond acceptors (Lipinski definition) is 1. The van der Waals surface area contributed by atoms with E-state index in [4.69, 9.17) is 0 Å². The minimum absolute atomic E-state index is 0.484.